The van der Waals surface area contributed by atoms with Gasteiger partial charge in [-0.3, -0.25) is 0 Å². The number of nitrogens with two attached hydrogens (primary N) is 1. The summed E-state index contributed by atoms with van der Waals surface area (Å²) in [5.41, 5.74) is 3.76. The molecule has 0 atom stereocenters. The van der Waals surface area contributed by atoms with Gasteiger partial charge in [0.05, 0.1) is 5.69 Å². The summed E-state index contributed by atoms with van der Waals surface area (Å²) < 4.78 is 46.6. The monoisotopic (exact) mass is 320 g/mol. The van der Waals surface area contributed by atoms with Crippen molar-refractivity contribution in [1.29, 1.82) is 0 Å². The molecule has 0 saturated heterocycles. The van der Waals surface area contributed by atoms with Gasteiger partial charge in [-0.05, 0) is 22.0 Å². The van der Waals surface area contributed by atoms with E-state index in [2.05, 4.69) is 20.9 Å². The maximum atomic E-state index is 12.4. The van der Waals surface area contributed by atoms with Gasteiger partial charge in [0.25, 0.3) is 15.5 Å². The second-order valence-electron chi connectivity index (χ2n) is 2.48. The summed E-state index contributed by atoms with van der Waals surface area (Å²) >= 11 is 2.78. The van der Waals surface area contributed by atoms with Gasteiger partial charge in [0.2, 0.25) is 0 Å². The molecule has 1 aromatic heterocycles. The van der Waals surface area contributed by atoms with Crippen molar-refractivity contribution in [3.8, 4) is 0 Å². The van der Waals surface area contributed by atoms with E-state index in [-0.39, 0.29) is 4.60 Å². The van der Waals surface area contributed by atoms with Crippen LogP contribution in [0, 0.1) is 0 Å². The summed E-state index contributed by atoms with van der Waals surface area (Å²) in [4.78, 5) is 2.78. The third-order valence-corrected chi connectivity index (χ3v) is 3.26. The van der Waals surface area contributed by atoms with Crippen LogP contribution in [-0.4, -0.2) is 13.4 Å². The van der Waals surface area contributed by atoms with Crippen LogP contribution in [0.2, 0.25) is 0 Å². The molecule has 1 aromatic rings. The van der Waals surface area contributed by atoms with Crippen LogP contribution in [-0.2, 0) is 9.05 Å². The molecular weight excluding hydrogens is 317 g/mol. The van der Waals surface area contributed by atoms with Gasteiger partial charge in [-0.1, -0.05) is 0 Å². The number of hydrogen-bond donors (Lipinski definition) is 1. The maximum Gasteiger partial charge on any atom is 0.282 e. The lowest BCUT2D eigenvalue weighted by Gasteiger charge is -2.07. The minimum Gasteiger partial charge on any atom is -0.396 e. The molecule has 84 valence electrons. The number of pyridine rings is 1. The molecule has 9 heteroatoms. The van der Waals surface area contributed by atoms with Crippen LogP contribution in [0.1, 0.15) is 12.1 Å². The SMILES string of the molecule is Nc1c(S(=O)(=O)Cl)cc(Br)nc1C(F)F. The fourth-order valence-electron chi connectivity index (χ4n) is 0.888. The normalized spacial score (nSPS) is 12.1. The van der Waals surface area contributed by atoms with E-state index in [1.165, 1.54) is 0 Å². The lowest BCUT2D eigenvalue weighted by molar-refractivity contribution is 0.146. The predicted molar refractivity (Wildman–Crippen MR) is 54.3 cm³/mol. The first kappa shape index (κ1) is 12.6. The molecule has 0 unspecified atom stereocenters. The van der Waals surface area contributed by atoms with E-state index in [1.807, 2.05) is 0 Å². The Hall–Kier alpha value is -0.470. The second-order valence-corrected chi connectivity index (χ2v) is 5.83. The van der Waals surface area contributed by atoms with Crippen LogP contribution in [0.5, 0.6) is 0 Å². The number of anilines is 1. The molecule has 0 spiro atoms. The molecule has 0 fully saturated rings. The molecule has 1 rings (SSSR count). The molecule has 0 bridgehead atoms. The minimum absolute atomic E-state index is 0.0776. The van der Waals surface area contributed by atoms with Crippen molar-refractivity contribution in [2.45, 2.75) is 11.3 Å². The van der Waals surface area contributed by atoms with Crippen LogP contribution in [0.15, 0.2) is 15.6 Å². The average molecular weight is 322 g/mol. The Balaban J connectivity index is 3.56. The van der Waals surface area contributed by atoms with Crippen molar-refractivity contribution in [3.05, 3.63) is 16.4 Å². The van der Waals surface area contributed by atoms with E-state index in [0.717, 1.165) is 6.07 Å². The zero-order chi connectivity index (χ0) is 11.8. The van der Waals surface area contributed by atoms with Gasteiger partial charge in [0.1, 0.15) is 15.2 Å². The molecule has 2 N–H and O–H groups in total. The third-order valence-electron chi connectivity index (χ3n) is 1.49. The first-order chi connectivity index (χ1) is 6.73. The fraction of sp³-hybridized carbons (Fsp3) is 0.167. The first-order valence-corrected chi connectivity index (χ1v) is 6.52. The Bertz CT molecular complexity index is 494. The molecule has 0 aliphatic carbocycles. The third kappa shape index (κ3) is 2.76. The molecule has 0 radical (unpaired) electrons. The molecular formula is C6H4BrClF2N2O2S. The topological polar surface area (TPSA) is 73.1 Å². The van der Waals surface area contributed by atoms with Crippen LogP contribution in [0.3, 0.4) is 0 Å². The lowest BCUT2D eigenvalue weighted by atomic mass is 10.3. The first-order valence-electron chi connectivity index (χ1n) is 3.42. The standard InChI is InChI=1S/C6H4BrClF2N2O2S/c7-3-1-2(15(8,13)14)4(11)5(12-3)6(9)10/h1,6H,11H2. The number of aromatic nitrogens is 1. The summed E-state index contributed by atoms with van der Waals surface area (Å²) in [6.07, 6.45) is -2.97. The van der Waals surface area contributed by atoms with Gasteiger partial charge >= 0.3 is 0 Å². The van der Waals surface area contributed by atoms with Crippen molar-refractivity contribution < 1.29 is 17.2 Å². The molecule has 15 heavy (non-hydrogen) atoms. The summed E-state index contributed by atoms with van der Waals surface area (Å²) in [6.45, 7) is 0. The Kier molecular flexibility index (Phi) is 3.51. The van der Waals surface area contributed by atoms with Crippen molar-refractivity contribution >= 4 is 41.4 Å². The van der Waals surface area contributed by atoms with E-state index >= 15 is 0 Å². The van der Waals surface area contributed by atoms with E-state index in [0.29, 0.717) is 0 Å². The lowest BCUT2D eigenvalue weighted by Crippen LogP contribution is -2.05. The van der Waals surface area contributed by atoms with Gasteiger partial charge in [-0.25, -0.2) is 22.2 Å². The highest BCUT2D eigenvalue weighted by Crippen LogP contribution is 2.32. The smallest absolute Gasteiger partial charge is 0.282 e. The van der Waals surface area contributed by atoms with Crippen molar-refractivity contribution in [1.82, 2.24) is 4.98 Å². The summed E-state index contributed by atoms with van der Waals surface area (Å²) in [6, 6.07) is 0.962. The van der Waals surface area contributed by atoms with Gasteiger partial charge in [0.15, 0.2) is 0 Å². The molecule has 0 aliphatic heterocycles. The Morgan fingerprint density at radius 2 is 2.07 bits per heavy atom. The number of rotatable bonds is 2. The molecule has 0 saturated carbocycles. The Morgan fingerprint density at radius 1 is 1.53 bits per heavy atom. The summed E-state index contributed by atoms with van der Waals surface area (Å²) in [5.74, 6) is 0. The van der Waals surface area contributed by atoms with E-state index in [1.54, 1.807) is 0 Å². The zero-order valence-electron chi connectivity index (χ0n) is 6.92. The number of nitrogen functional groups attached to an aromatic ring is 1. The molecule has 0 aromatic carbocycles. The molecule has 0 aliphatic rings. The zero-order valence-corrected chi connectivity index (χ0v) is 10.1. The van der Waals surface area contributed by atoms with Crippen molar-refractivity contribution in [2.24, 2.45) is 0 Å². The predicted octanol–water partition coefficient (Wildman–Crippen LogP) is 2.29. The van der Waals surface area contributed by atoms with Crippen LogP contribution >= 0.6 is 26.6 Å². The Labute approximate surface area is 97.0 Å². The summed E-state index contributed by atoms with van der Waals surface area (Å²) in [7, 11) is 0.843. The van der Waals surface area contributed by atoms with Gasteiger partial charge < -0.3 is 5.73 Å². The van der Waals surface area contributed by atoms with E-state index in [4.69, 9.17) is 16.4 Å². The van der Waals surface area contributed by atoms with Crippen LogP contribution in [0.25, 0.3) is 0 Å². The molecule has 4 nitrogen and oxygen atoms in total. The number of alkyl halides is 2. The molecule has 1 heterocycles. The Morgan fingerprint density at radius 3 is 2.47 bits per heavy atom. The minimum atomic E-state index is -4.17. The van der Waals surface area contributed by atoms with Crippen LogP contribution in [0.4, 0.5) is 14.5 Å². The highest BCUT2D eigenvalue weighted by atomic mass is 79.9. The van der Waals surface area contributed by atoms with Crippen LogP contribution < -0.4 is 5.73 Å². The van der Waals surface area contributed by atoms with Crippen molar-refractivity contribution in [2.75, 3.05) is 5.73 Å². The highest BCUT2D eigenvalue weighted by Gasteiger charge is 2.23. The highest BCUT2D eigenvalue weighted by molar-refractivity contribution is 9.10. The number of halogens is 4. The largest absolute Gasteiger partial charge is 0.396 e. The van der Waals surface area contributed by atoms with Gasteiger partial charge in [0, 0.05) is 10.7 Å². The van der Waals surface area contributed by atoms with Crippen molar-refractivity contribution in [3.63, 3.8) is 0 Å². The maximum absolute atomic E-state index is 12.4. The molecule has 0 amide bonds. The number of nitrogens with zero attached hydrogens (tertiary/aromatic N) is 1. The van der Waals surface area contributed by atoms with Gasteiger partial charge in [-0.15, -0.1) is 0 Å². The van der Waals surface area contributed by atoms with Gasteiger partial charge in [-0.2, -0.15) is 0 Å². The average Bonchev–Trinajstić information content (AvgIpc) is 2.06. The second kappa shape index (κ2) is 4.18. The number of hydrogen-bond acceptors (Lipinski definition) is 4. The fourth-order valence-corrected chi connectivity index (χ4v) is 2.46. The van der Waals surface area contributed by atoms with E-state index in [9.17, 15) is 17.2 Å². The quantitative estimate of drug-likeness (QED) is 0.670. The van der Waals surface area contributed by atoms with E-state index < -0.39 is 31.8 Å². The summed E-state index contributed by atoms with van der Waals surface area (Å²) in [5, 5.41) is 0.